The summed E-state index contributed by atoms with van der Waals surface area (Å²) < 4.78 is 21.9. The molecule has 1 amide bonds. The third kappa shape index (κ3) is 33.8. The Labute approximate surface area is 306 Å². The molecular formula is C40H77N2O7P. The number of nitrogens with two attached hydrogens (primary N) is 1. The molecule has 0 saturated carbocycles. The maximum absolute atomic E-state index is 12.7. The lowest BCUT2D eigenvalue weighted by Crippen LogP contribution is -2.46. The van der Waals surface area contributed by atoms with Crippen molar-refractivity contribution in [2.24, 2.45) is 5.73 Å². The van der Waals surface area contributed by atoms with Crippen LogP contribution < -0.4 is 11.1 Å². The van der Waals surface area contributed by atoms with E-state index in [-0.39, 0.29) is 19.6 Å². The predicted molar refractivity (Wildman–Crippen MR) is 209 cm³/mol. The number of allylic oxidation sites excluding steroid dienone is 5. The number of hydrogen-bond acceptors (Lipinski definition) is 7. The van der Waals surface area contributed by atoms with E-state index in [1.165, 1.54) is 83.5 Å². The SMILES string of the molecule is CCCC/C=C/CC/C=C/C(O)C(COP(=O)(O)OCCN)NC(=O)CC(O)CCCCCCC/C=C\CCCCCCCCCCCCC. The highest BCUT2D eigenvalue weighted by Gasteiger charge is 2.27. The average molecular weight is 729 g/mol. The molecule has 0 aliphatic heterocycles. The van der Waals surface area contributed by atoms with Crippen LogP contribution in [-0.4, -0.2) is 59.0 Å². The van der Waals surface area contributed by atoms with Crippen molar-refractivity contribution in [3.8, 4) is 0 Å². The number of carbonyl (C=O) groups is 1. The lowest BCUT2D eigenvalue weighted by molar-refractivity contribution is -0.124. The van der Waals surface area contributed by atoms with Gasteiger partial charge in [0, 0.05) is 6.54 Å². The van der Waals surface area contributed by atoms with E-state index in [0.717, 1.165) is 57.8 Å². The highest BCUT2D eigenvalue weighted by atomic mass is 31.2. The van der Waals surface area contributed by atoms with Gasteiger partial charge in [0.15, 0.2) is 0 Å². The van der Waals surface area contributed by atoms with Crippen LogP contribution in [0.15, 0.2) is 36.5 Å². The zero-order chi connectivity index (χ0) is 37.0. The zero-order valence-electron chi connectivity index (χ0n) is 32.0. The van der Waals surface area contributed by atoms with Crippen molar-refractivity contribution in [1.82, 2.24) is 5.32 Å². The van der Waals surface area contributed by atoms with Crippen LogP contribution in [0.4, 0.5) is 0 Å². The van der Waals surface area contributed by atoms with Gasteiger partial charge in [-0.2, -0.15) is 0 Å². The number of rotatable bonds is 37. The number of hydrogen-bond donors (Lipinski definition) is 5. The van der Waals surface area contributed by atoms with Crippen LogP contribution in [0, 0.1) is 0 Å². The molecule has 4 atom stereocenters. The van der Waals surface area contributed by atoms with Crippen LogP contribution in [0.3, 0.4) is 0 Å². The van der Waals surface area contributed by atoms with Crippen molar-refractivity contribution >= 4 is 13.7 Å². The molecule has 0 fully saturated rings. The third-order valence-corrected chi connectivity index (χ3v) is 9.73. The number of amides is 1. The van der Waals surface area contributed by atoms with E-state index in [2.05, 4.69) is 43.5 Å². The Morgan fingerprint density at radius 2 is 1.16 bits per heavy atom. The van der Waals surface area contributed by atoms with Crippen molar-refractivity contribution in [3.05, 3.63) is 36.5 Å². The summed E-state index contributed by atoms with van der Waals surface area (Å²) in [6, 6.07) is -0.998. The van der Waals surface area contributed by atoms with E-state index in [0.29, 0.717) is 12.8 Å². The first kappa shape index (κ1) is 48.7. The van der Waals surface area contributed by atoms with Crippen LogP contribution in [0.1, 0.15) is 174 Å². The van der Waals surface area contributed by atoms with Gasteiger partial charge in [0.05, 0.1) is 37.9 Å². The monoisotopic (exact) mass is 729 g/mol. The highest BCUT2D eigenvalue weighted by molar-refractivity contribution is 7.47. The van der Waals surface area contributed by atoms with E-state index < -0.39 is 38.6 Å². The van der Waals surface area contributed by atoms with E-state index in [1.807, 2.05) is 6.08 Å². The number of aliphatic hydroxyl groups excluding tert-OH is 2. The smallest absolute Gasteiger partial charge is 0.393 e. The van der Waals surface area contributed by atoms with Gasteiger partial charge < -0.3 is 26.2 Å². The van der Waals surface area contributed by atoms with Crippen molar-refractivity contribution < 1.29 is 33.5 Å². The number of phosphoric ester groups is 1. The first-order valence-corrected chi connectivity index (χ1v) is 21.7. The second-order valence-electron chi connectivity index (χ2n) is 13.7. The summed E-state index contributed by atoms with van der Waals surface area (Å²) in [6.45, 7) is 3.85. The summed E-state index contributed by atoms with van der Waals surface area (Å²) in [5, 5.41) is 23.8. The minimum absolute atomic E-state index is 0.0428. The molecule has 0 saturated heterocycles. The number of phosphoric acid groups is 1. The summed E-state index contributed by atoms with van der Waals surface area (Å²) in [5.74, 6) is -0.465. The van der Waals surface area contributed by atoms with Gasteiger partial charge in [-0.1, -0.05) is 153 Å². The van der Waals surface area contributed by atoms with Gasteiger partial charge in [0.2, 0.25) is 5.91 Å². The Morgan fingerprint density at radius 1 is 0.680 bits per heavy atom. The van der Waals surface area contributed by atoms with Gasteiger partial charge in [-0.15, -0.1) is 0 Å². The van der Waals surface area contributed by atoms with Gasteiger partial charge in [-0.3, -0.25) is 13.8 Å². The normalized spacial score (nSPS) is 15.2. The molecule has 10 heteroatoms. The molecule has 6 N–H and O–H groups in total. The molecule has 0 aromatic heterocycles. The number of aliphatic hydroxyl groups is 2. The molecule has 0 heterocycles. The number of nitrogens with one attached hydrogen (secondary N) is 1. The van der Waals surface area contributed by atoms with Gasteiger partial charge in [0.25, 0.3) is 0 Å². The topological polar surface area (TPSA) is 151 Å². The molecule has 50 heavy (non-hydrogen) atoms. The molecule has 0 rings (SSSR count). The quantitative estimate of drug-likeness (QED) is 0.0241. The lowest BCUT2D eigenvalue weighted by atomic mass is 10.0. The van der Waals surface area contributed by atoms with Crippen LogP contribution in [0.25, 0.3) is 0 Å². The maximum atomic E-state index is 12.7. The molecular weight excluding hydrogens is 651 g/mol. The number of unbranched alkanes of at least 4 members (excludes halogenated alkanes) is 19. The van der Waals surface area contributed by atoms with E-state index in [9.17, 15) is 24.5 Å². The first-order valence-electron chi connectivity index (χ1n) is 20.2. The maximum Gasteiger partial charge on any atom is 0.472 e. The Hall–Kier alpha value is -1.32. The van der Waals surface area contributed by atoms with Gasteiger partial charge in [-0.25, -0.2) is 4.57 Å². The van der Waals surface area contributed by atoms with Crippen molar-refractivity contribution in [2.75, 3.05) is 19.8 Å². The molecule has 4 unspecified atom stereocenters. The molecule has 9 nitrogen and oxygen atoms in total. The Bertz CT molecular complexity index is 899. The predicted octanol–water partition coefficient (Wildman–Crippen LogP) is 9.75. The average Bonchev–Trinajstić information content (AvgIpc) is 3.09. The minimum Gasteiger partial charge on any atom is -0.393 e. The summed E-state index contributed by atoms with van der Waals surface area (Å²) in [6.07, 6.45) is 38.3. The molecule has 0 radical (unpaired) electrons. The minimum atomic E-state index is -4.40. The molecule has 0 aromatic rings. The standard InChI is InChI=1S/C40H77N2O7P/c1-3-5-7-9-11-13-14-15-16-17-18-19-20-21-22-23-24-25-27-29-31-37(43)35-40(45)42-38(36-49-50(46,47)48-34-33-41)39(44)32-30-28-26-12-10-8-6-4-2/h10,12,20-21,30,32,37-39,43-44H,3-9,11,13-19,22-29,31,33-36,41H2,1-2H3,(H,42,45)(H,46,47)/b12-10+,21-20-,32-30+. The van der Waals surface area contributed by atoms with Gasteiger partial charge in [0.1, 0.15) is 0 Å². The molecule has 0 aromatic carbocycles. The van der Waals surface area contributed by atoms with Crippen molar-refractivity contribution in [2.45, 2.75) is 193 Å². The first-order chi connectivity index (χ1) is 24.3. The van der Waals surface area contributed by atoms with Crippen molar-refractivity contribution in [3.63, 3.8) is 0 Å². The molecule has 0 bridgehead atoms. The largest absolute Gasteiger partial charge is 0.472 e. The fraction of sp³-hybridized carbons (Fsp3) is 0.825. The Morgan fingerprint density at radius 3 is 1.72 bits per heavy atom. The van der Waals surface area contributed by atoms with E-state index in [4.69, 9.17) is 14.8 Å². The second-order valence-corrected chi connectivity index (χ2v) is 15.1. The molecule has 0 aliphatic rings. The van der Waals surface area contributed by atoms with Gasteiger partial charge >= 0.3 is 7.82 Å². The van der Waals surface area contributed by atoms with Gasteiger partial charge in [-0.05, 0) is 51.4 Å². The second kappa shape index (κ2) is 36.1. The fourth-order valence-corrected chi connectivity index (χ4v) is 6.40. The van der Waals surface area contributed by atoms with Crippen molar-refractivity contribution in [1.29, 1.82) is 0 Å². The summed E-state index contributed by atoms with van der Waals surface area (Å²) in [4.78, 5) is 22.6. The molecule has 294 valence electrons. The van der Waals surface area contributed by atoms with E-state index >= 15 is 0 Å². The summed E-state index contributed by atoms with van der Waals surface area (Å²) in [7, 11) is -4.40. The van der Waals surface area contributed by atoms with E-state index in [1.54, 1.807) is 6.08 Å². The fourth-order valence-electron chi connectivity index (χ4n) is 5.64. The number of carbonyl (C=O) groups excluding carboxylic acids is 1. The van der Waals surface area contributed by atoms with Crippen LogP contribution in [0.2, 0.25) is 0 Å². The summed E-state index contributed by atoms with van der Waals surface area (Å²) >= 11 is 0. The highest BCUT2D eigenvalue weighted by Crippen LogP contribution is 2.43. The molecule has 0 spiro atoms. The van der Waals surface area contributed by atoms with Crippen LogP contribution >= 0.6 is 7.82 Å². The Balaban J connectivity index is 4.21. The van der Waals surface area contributed by atoms with Crippen LogP contribution in [-0.2, 0) is 18.4 Å². The third-order valence-electron chi connectivity index (χ3n) is 8.74. The lowest BCUT2D eigenvalue weighted by Gasteiger charge is -2.24. The molecule has 0 aliphatic carbocycles. The summed E-state index contributed by atoms with van der Waals surface area (Å²) in [5.41, 5.74) is 5.33. The van der Waals surface area contributed by atoms with Crippen LogP contribution in [0.5, 0.6) is 0 Å². The Kier molecular flexibility index (Phi) is 35.1. The zero-order valence-corrected chi connectivity index (χ0v) is 32.9.